The van der Waals surface area contributed by atoms with Gasteiger partial charge in [0.05, 0.1) is 12.4 Å². The summed E-state index contributed by atoms with van der Waals surface area (Å²) in [6.45, 7) is 4.06. The first-order valence-electron chi connectivity index (χ1n) is 8.15. The molecule has 0 aliphatic rings. The predicted molar refractivity (Wildman–Crippen MR) is 93.9 cm³/mol. The van der Waals surface area contributed by atoms with E-state index in [0.29, 0.717) is 5.75 Å². The van der Waals surface area contributed by atoms with Crippen molar-refractivity contribution in [3.8, 4) is 11.5 Å². The Balaban J connectivity index is 1.69. The first-order chi connectivity index (χ1) is 12.0. The van der Waals surface area contributed by atoms with E-state index in [1.807, 2.05) is 32.4 Å². The van der Waals surface area contributed by atoms with Crippen LogP contribution in [0.15, 0.2) is 55.1 Å². The standard InChI is InChI=1S/C19H21FN4O/c1-13(23-14(2)16-10-22-24(3)12-16)15-6-7-19(18(20)9-15)25-17-5-4-8-21-11-17/h4-14,23H,1-3H3/t13-,14+/m0/s1. The number of hydrogen-bond donors (Lipinski definition) is 1. The van der Waals surface area contributed by atoms with Crippen LogP contribution in [0.2, 0.25) is 0 Å². The van der Waals surface area contributed by atoms with Crippen molar-refractivity contribution < 1.29 is 9.13 Å². The molecule has 3 aromatic rings. The molecule has 0 aliphatic carbocycles. The third kappa shape index (κ3) is 4.22. The number of aromatic nitrogens is 3. The first kappa shape index (κ1) is 17.1. The molecule has 0 spiro atoms. The smallest absolute Gasteiger partial charge is 0.166 e. The average molecular weight is 340 g/mol. The highest BCUT2D eigenvalue weighted by atomic mass is 19.1. The summed E-state index contributed by atoms with van der Waals surface area (Å²) in [6, 6.07) is 8.58. The Morgan fingerprint density at radius 3 is 2.56 bits per heavy atom. The van der Waals surface area contributed by atoms with Gasteiger partial charge in [0.15, 0.2) is 11.6 Å². The second-order valence-corrected chi connectivity index (χ2v) is 6.04. The SMILES string of the molecule is C[C@H](N[C@H](C)c1cnn(C)c1)c1ccc(Oc2cccnc2)c(F)c1. The van der Waals surface area contributed by atoms with Gasteiger partial charge >= 0.3 is 0 Å². The summed E-state index contributed by atoms with van der Waals surface area (Å²) < 4.78 is 21.7. The van der Waals surface area contributed by atoms with E-state index in [2.05, 4.69) is 22.3 Å². The molecule has 25 heavy (non-hydrogen) atoms. The predicted octanol–water partition coefficient (Wildman–Crippen LogP) is 4.16. The van der Waals surface area contributed by atoms with Crippen LogP contribution in [0, 0.1) is 5.82 Å². The molecule has 2 atom stereocenters. The Kier molecular flexibility index (Phi) is 5.09. The van der Waals surface area contributed by atoms with Crippen LogP contribution in [0.5, 0.6) is 11.5 Å². The molecule has 0 amide bonds. The molecule has 0 aliphatic heterocycles. The van der Waals surface area contributed by atoms with Gasteiger partial charge in [-0.25, -0.2) is 4.39 Å². The maximum Gasteiger partial charge on any atom is 0.166 e. The van der Waals surface area contributed by atoms with Gasteiger partial charge in [-0.05, 0) is 43.7 Å². The molecule has 0 radical (unpaired) electrons. The largest absolute Gasteiger partial charge is 0.453 e. The Hall–Kier alpha value is -2.73. The third-order valence-electron chi connectivity index (χ3n) is 4.04. The number of benzene rings is 1. The van der Waals surface area contributed by atoms with Crippen LogP contribution in [0.25, 0.3) is 0 Å². The van der Waals surface area contributed by atoms with Crippen LogP contribution in [0.3, 0.4) is 0 Å². The van der Waals surface area contributed by atoms with Crippen LogP contribution in [0.1, 0.15) is 37.1 Å². The van der Waals surface area contributed by atoms with Gasteiger partial charge in [-0.2, -0.15) is 5.10 Å². The lowest BCUT2D eigenvalue weighted by Gasteiger charge is -2.20. The van der Waals surface area contributed by atoms with Crippen molar-refractivity contribution >= 4 is 0 Å². The van der Waals surface area contributed by atoms with Gasteiger partial charge in [0.25, 0.3) is 0 Å². The number of aryl methyl sites for hydroxylation is 1. The summed E-state index contributed by atoms with van der Waals surface area (Å²) in [7, 11) is 1.88. The summed E-state index contributed by atoms with van der Waals surface area (Å²) in [5.41, 5.74) is 1.94. The van der Waals surface area contributed by atoms with E-state index >= 15 is 0 Å². The summed E-state index contributed by atoms with van der Waals surface area (Å²) in [5.74, 6) is 0.291. The van der Waals surface area contributed by atoms with Gasteiger partial charge in [0.1, 0.15) is 5.75 Å². The average Bonchev–Trinajstić information content (AvgIpc) is 3.04. The molecule has 2 aromatic heterocycles. The van der Waals surface area contributed by atoms with Gasteiger partial charge in [-0.1, -0.05) is 6.07 Å². The van der Waals surface area contributed by atoms with Crippen molar-refractivity contribution in [3.05, 3.63) is 72.1 Å². The minimum absolute atomic E-state index is 0.0165. The highest BCUT2D eigenvalue weighted by molar-refractivity contribution is 5.34. The van der Waals surface area contributed by atoms with E-state index < -0.39 is 5.82 Å². The maximum absolute atomic E-state index is 14.4. The topological polar surface area (TPSA) is 52.0 Å². The number of halogens is 1. The van der Waals surface area contributed by atoms with Crippen LogP contribution in [-0.4, -0.2) is 14.8 Å². The lowest BCUT2D eigenvalue weighted by molar-refractivity contribution is 0.437. The van der Waals surface area contributed by atoms with E-state index in [9.17, 15) is 4.39 Å². The molecule has 0 fully saturated rings. The molecule has 2 heterocycles. The van der Waals surface area contributed by atoms with E-state index in [-0.39, 0.29) is 17.8 Å². The lowest BCUT2D eigenvalue weighted by Crippen LogP contribution is -2.22. The zero-order chi connectivity index (χ0) is 17.8. The first-order valence-corrected chi connectivity index (χ1v) is 8.15. The molecule has 0 unspecified atom stereocenters. The Labute approximate surface area is 146 Å². The van der Waals surface area contributed by atoms with Gasteiger partial charge in [-0.3, -0.25) is 9.67 Å². The van der Waals surface area contributed by atoms with Crippen molar-refractivity contribution in [2.75, 3.05) is 0 Å². The lowest BCUT2D eigenvalue weighted by atomic mass is 10.1. The van der Waals surface area contributed by atoms with Crippen LogP contribution >= 0.6 is 0 Å². The van der Waals surface area contributed by atoms with Crippen molar-refractivity contribution in [3.63, 3.8) is 0 Å². The summed E-state index contributed by atoms with van der Waals surface area (Å²) >= 11 is 0. The third-order valence-corrected chi connectivity index (χ3v) is 4.04. The molecular weight excluding hydrogens is 319 g/mol. The van der Waals surface area contributed by atoms with Gasteiger partial charge < -0.3 is 10.1 Å². The second-order valence-electron chi connectivity index (χ2n) is 6.04. The van der Waals surface area contributed by atoms with Crippen molar-refractivity contribution in [2.24, 2.45) is 7.05 Å². The second kappa shape index (κ2) is 7.44. The van der Waals surface area contributed by atoms with Crippen LogP contribution in [0.4, 0.5) is 4.39 Å². The van der Waals surface area contributed by atoms with E-state index in [0.717, 1.165) is 11.1 Å². The highest BCUT2D eigenvalue weighted by Gasteiger charge is 2.15. The van der Waals surface area contributed by atoms with E-state index in [4.69, 9.17) is 4.74 Å². The van der Waals surface area contributed by atoms with E-state index in [1.165, 1.54) is 6.07 Å². The number of hydrogen-bond acceptors (Lipinski definition) is 4. The number of ether oxygens (including phenoxy) is 1. The Morgan fingerprint density at radius 2 is 1.92 bits per heavy atom. The fraction of sp³-hybridized carbons (Fsp3) is 0.263. The molecule has 1 N–H and O–H groups in total. The fourth-order valence-corrected chi connectivity index (χ4v) is 2.63. The van der Waals surface area contributed by atoms with E-state index in [1.54, 1.807) is 35.3 Å². The fourth-order valence-electron chi connectivity index (χ4n) is 2.63. The Bertz CT molecular complexity index is 834. The number of nitrogens with zero attached hydrogens (tertiary/aromatic N) is 3. The maximum atomic E-state index is 14.4. The normalized spacial score (nSPS) is 13.4. The highest BCUT2D eigenvalue weighted by Crippen LogP contribution is 2.27. The number of nitrogens with one attached hydrogen (secondary N) is 1. The molecule has 1 aromatic carbocycles. The zero-order valence-corrected chi connectivity index (χ0v) is 14.5. The van der Waals surface area contributed by atoms with Crippen molar-refractivity contribution in [1.29, 1.82) is 0 Å². The van der Waals surface area contributed by atoms with Gasteiger partial charge in [0, 0.05) is 37.1 Å². The quantitative estimate of drug-likeness (QED) is 0.732. The summed E-state index contributed by atoms with van der Waals surface area (Å²) in [4.78, 5) is 3.96. The Morgan fingerprint density at radius 1 is 1.12 bits per heavy atom. The molecule has 3 rings (SSSR count). The zero-order valence-electron chi connectivity index (χ0n) is 14.5. The summed E-state index contributed by atoms with van der Waals surface area (Å²) in [5, 5.41) is 7.63. The van der Waals surface area contributed by atoms with Crippen LogP contribution < -0.4 is 10.1 Å². The van der Waals surface area contributed by atoms with Gasteiger partial charge in [0.2, 0.25) is 0 Å². The molecule has 130 valence electrons. The molecule has 5 nitrogen and oxygen atoms in total. The molecule has 0 bridgehead atoms. The number of pyridine rings is 1. The molecule has 0 saturated carbocycles. The monoisotopic (exact) mass is 340 g/mol. The van der Waals surface area contributed by atoms with Crippen LogP contribution in [-0.2, 0) is 7.05 Å². The minimum Gasteiger partial charge on any atom is -0.453 e. The van der Waals surface area contributed by atoms with Gasteiger partial charge in [-0.15, -0.1) is 0 Å². The molecule has 6 heteroatoms. The van der Waals surface area contributed by atoms with Crippen molar-refractivity contribution in [1.82, 2.24) is 20.1 Å². The minimum atomic E-state index is -0.399. The number of rotatable bonds is 6. The van der Waals surface area contributed by atoms with Crippen molar-refractivity contribution in [2.45, 2.75) is 25.9 Å². The molecular formula is C19H21FN4O. The molecule has 0 saturated heterocycles. The summed E-state index contributed by atoms with van der Waals surface area (Å²) in [6.07, 6.45) is 6.99.